The van der Waals surface area contributed by atoms with Crippen LogP contribution in [0.2, 0.25) is 0 Å². The molecule has 19 heavy (non-hydrogen) atoms. The first-order chi connectivity index (χ1) is 9.08. The summed E-state index contributed by atoms with van der Waals surface area (Å²) in [6.45, 7) is 2.84. The van der Waals surface area contributed by atoms with E-state index in [2.05, 4.69) is 15.4 Å². The van der Waals surface area contributed by atoms with Crippen LogP contribution in [0.25, 0.3) is 0 Å². The Hall–Kier alpha value is -2.28. The van der Waals surface area contributed by atoms with Gasteiger partial charge in [-0.25, -0.2) is 4.98 Å². The molecule has 0 aliphatic carbocycles. The predicted octanol–water partition coefficient (Wildman–Crippen LogP) is 1.32. The molecule has 1 N–H and O–H groups in total. The molecule has 0 radical (unpaired) electrons. The number of hydrogen-bond acceptors (Lipinski definition) is 5. The summed E-state index contributed by atoms with van der Waals surface area (Å²) in [5, 5.41) is 18.2. The van der Waals surface area contributed by atoms with Gasteiger partial charge in [0.2, 0.25) is 0 Å². The minimum atomic E-state index is -0.362. The number of aromatic nitrogens is 3. The molecule has 1 aromatic heterocycles. The topological polar surface area (TPSA) is 85.9 Å². The number of rotatable bonds is 5. The van der Waals surface area contributed by atoms with E-state index in [9.17, 15) is 10.1 Å². The van der Waals surface area contributed by atoms with E-state index in [-0.39, 0.29) is 10.6 Å². The van der Waals surface area contributed by atoms with Crippen molar-refractivity contribution in [3.05, 3.63) is 51.6 Å². The van der Waals surface area contributed by atoms with Crippen LogP contribution in [0, 0.1) is 17.0 Å². The monoisotopic (exact) mass is 261 g/mol. The maximum atomic E-state index is 10.8. The van der Waals surface area contributed by atoms with E-state index in [1.807, 2.05) is 6.07 Å². The third-order valence-electron chi connectivity index (χ3n) is 2.86. The summed E-state index contributed by atoms with van der Waals surface area (Å²) < 4.78 is 1.63. The van der Waals surface area contributed by atoms with Crippen molar-refractivity contribution >= 4 is 5.69 Å². The van der Waals surface area contributed by atoms with Crippen LogP contribution in [0.3, 0.4) is 0 Å². The van der Waals surface area contributed by atoms with Gasteiger partial charge in [-0.1, -0.05) is 12.1 Å². The number of nitro groups is 1. The molecule has 7 heteroatoms. The molecule has 1 heterocycles. The minimum absolute atomic E-state index is 0.148. The summed E-state index contributed by atoms with van der Waals surface area (Å²) in [5.41, 5.74) is 1.74. The summed E-state index contributed by atoms with van der Waals surface area (Å²) in [7, 11) is 1.81. The smallest absolute Gasteiger partial charge is 0.272 e. The van der Waals surface area contributed by atoms with E-state index >= 15 is 0 Å². The molecule has 0 saturated carbocycles. The maximum Gasteiger partial charge on any atom is 0.272 e. The molecule has 7 nitrogen and oxygen atoms in total. The lowest BCUT2D eigenvalue weighted by Gasteiger charge is -2.06. The highest BCUT2D eigenvalue weighted by Crippen LogP contribution is 2.20. The highest BCUT2D eigenvalue weighted by molar-refractivity contribution is 5.44. The molecule has 0 aliphatic rings. The van der Waals surface area contributed by atoms with E-state index in [1.54, 1.807) is 31.0 Å². The molecule has 0 saturated heterocycles. The quantitative estimate of drug-likeness (QED) is 0.648. The lowest BCUT2D eigenvalue weighted by atomic mass is 10.1. The molecule has 1 aromatic carbocycles. The summed E-state index contributed by atoms with van der Waals surface area (Å²) in [6, 6.07) is 5.08. The molecular weight excluding hydrogens is 246 g/mol. The van der Waals surface area contributed by atoms with Gasteiger partial charge in [0.15, 0.2) is 5.82 Å². The molecular formula is C12H15N5O2. The molecule has 0 fully saturated rings. The van der Waals surface area contributed by atoms with Crippen molar-refractivity contribution in [3.8, 4) is 0 Å². The van der Waals surface area contributed by atoms with Crippen LogP contribution in [-0.4, -0.2) is 19.7 Å². The van der Waals surface area contributed by atoms with Crippen molar-refractivity contribution in [2.24, 2.45) is 7.05 Å². The van der Waals surface area contributed by atoms with Crippen molar-refractivity contribution < 1.29 is 4.92 Å². The van der Waals surface area contributed by atoms with Gasteiger partial charge in [-0.15, -0.1) is 0 Å². The Kier molecular flexibility index (Phi) is 3.86. The van der Waals surface area contributed by atoms with Gasteiger partial charge in [0, 0.05) is 25.2 Å². The van der Waals surface area contributed by atoms with Gasteiger partial charge >= 0.3 is 0 Å². The van der Waals surface area contributed by atoms with Gasteiger partial charge < -0.3 is 5.32 Å². The Morgan fingerprint density at radius 3 is 2.84 bits per heavy atom. The SMILES string of the molecule is Cc1c(CNCc2ncn(C)n2)cccc1[N+](=O)[O-]. The van der Waals surface area contributed by atoms with Gasteiger partial charge in [-0.2, -0.15) is 5.10 Å². The van der Waals surface area contributed by atoms with Crippen LogP contribution in [0.1, 0.15) is 17.0 Å². The van der Waals surface area contributed by atoms with E-state index in [1.165, 1.54) is 6.07 Å². The molecule has 0 bridgehead atoms. The van der Waals surface area contributed by atoms with Crippen LogP contribution in [-0.2, 0) is 20.1 Å². The Morgan fingerprint density at radius 2 is 2.21 bits per heavy atom. The molecule has 0 atom stereocenters. The molecule has 100 valence electrons. The van der Waals surface area contributed by atoms with Crippen LogP contribution < -0.4 is 5.32 Å². The Balaban J connectivity index is 2.00. The number of nitro benzene ring substituents is 1. The fraction of sp³-hybridized carbons (Fsp3) is 0.333. The van der Waals surface area contributed by atoms with E-state index < -0.39 is 0 Å². The van der Waals surface area contributed by atoms with E-state index in [4.69, 9.17) is 0 Å². The Bertz CT molecular complexity index is 594. The third kappa shape index (κ3) is 3.14. The summed E-state index contributed by atoms with van der Waals surface area (Å²) in [6.07, 6.45) is 1.63. The minimum Gasteiger partial charge on any atom is -0.306 e. The molecule has 0 aliphatic heterocycles. The van der Waals surface area contributed by atoms with Crippen LogP contribution in [0.4, 0.5) is 5.69 Å². The van der Waals surface area contributed by atoms with Crippen molar-refractivity contribution in [1.82, 2.24) is 20.1 Å². The number of aryl methyl sites for hydroxylation is 1. The maximum absolute atomic E-state index is 10.8. The lowest BCUT2D eigenvalue weighted by molar-refractivity contribution is -0.385. The zero-order valence-corrected chi connectivity index (χ0v) is 10.8. The zero-order valence-electron chi connectivity index (χ0n) is 10.8. The highest BCUT2D eigenvalue weighted by Gasteiger charge is 2.12. The normalized spacial score (nSPS) is 10.6. The van der Waals surface area contributed by atoms with Crippen molar-refractivity contribution in [2.75, 3.05) is 0 Å². The predicted molar refractivity (Wildman–Crippen MR) is 69.4 cm³/mol. The van der Waals surface area contributed by atoms with Crippen molar-refractivity contribution in [1.29, 1.82) is 0 Å². The van der Waals surface area contributed by atoms with Crippen molar-refractivity contribution in [2.45, 2.75) is 20.0 Å². The van der Waals surface area contributed by atoms with E-state index in [0.29, 0.717) is 24.5 Å². The molecule has 2 rings (SSSR count). The third-order valence-corrected chi connectivity index (χ3v) is 2.86. The first-order valence-electron chi connectivity index (χ1n) is 5.86. The fourth-order valence-corrected chi connectivity index (χ4v) is 1.83. The van der Waals surface area contributed by atoms with Crippen LogP contribution >= 0.6 is 0 Å². The average Bonchev–Trinajstić information content (AvgIpc) is 2.77. The van der Waals surface area contributed by atoms with Gasteiger partial charge in [-0.3, -0.25) is 14.8 Å². The van der Waals surface area contributed by atoms with Crippen LogP contribution in [0.5, 0.6) is 0 Å². The summed E-state index contributed by atoms with van der Waals surface area (Å²) in [5.74, 6) is 0.700. The first-order valence-corrected chi connectivity index (χ1v) is 5.86. The van der Waals surface area contributed by atoms with Crippen molar-refractivity contribution in [3.63, 3.8) is 0 Å². The first kappa shape index (κ1) is 13.2. The molecule has 2 aromatic rings. The standard InChI is InChI=1S/C12H15N5O2/c1-9-10(4-3-5-11(9)17(18)19)6-13-7-12-14-8-16(2)15-12/h3-5,8,13H,6-7H2,1-2H3. The zero-order chi connectivity index (χ0) is 13.8. The summed E-state index contributed by atoms with van der Waals surface area (Å²) in [4.78, 5) is 14.6. The Morgan fingerprint density at radius 1 is 1.42 bits per heavy atom. The number of nitrogens with zero attached hydrogens (tertiary/aromatic N) is 4. The van der Waals surface area contributed by atoms with Gasteiger partial charge in [0.05, 0.1) is 11.5 Å². The van der Waals surface area contributed by atoms with Gasteiger partial charge in [0.1, 0.15) is 6.33 Å². The molecule has 0 spiro atoms. The second-order valence-electron chi connectivity index (χ2n) is 4.26. The number of benzene rings is 1. The summed E-state index contributed by atoms with van der Waals surface area (Å²) >= 11 is 0. The van der Waals surface area contributed by atoms with Crippen LogP contribution in [0.15, 0.2) is 24.5 Å². The fourth-order valence-electron chi connectivity index (χ4n) is 1.83. The Labute approximate surface area is 110 Å². The van der Waals surface area contributed by atoms with E-state index in [0.717, 1.165) is 5.56 Å². The number of nitrogens with one attached hydrogen (secondary N) is 1. The molecule has 0 amide bonds. The van der Waals surface area contributed by atoms with Gasteiger partial charge in [0.25, 0.3) is 5.69 Å². The highest BCUT2D eigenvalue weighted by atomic mass is 16.6. The molecule has 0 unspecified atom stereocenters. The van der Waals surface area contributed by atoms with Gasteiger partial charge in [-0.05, 0) is 12.5 Å². The second-order valence-corrected chi connectivity index (χ2v) is 4.26. The largest absolute Gasteiger partial charge is 0.306 e. The second kappa shape index (κ2) is 5.57. The average molecular weight is 261 g/mol. The number of hydrogen-bond donors (Lipinski definition) is 1. The lowest BCUT2D eigenvalue weighted by Crippen LogP contribution is -2.15.